The van der Waals surface area contributed by atoms with E-state index in [1.165, 1.54) is 32.4 Å². The lowest BCUT2D eigenvalue weighted by Crippen LogP contribution is -2.03. The maximum absolute atomic E-state index is 11.1. The van der Waals surface area contributed by atoms with Gasteiger partial charge in [-0.3, -0.25) is 4.79 Å². The topological polar surface area (TPSA) is 82.1 Å². The standard InChI is InChI=1S/C17H16O6/c1-21-14-5-3-11(9-18)7-13(14)10-23-16-8-12(17(19)20)4-6-15(16)22-2/h3-9H,10H2,1-2H3,(H,19,20). The lowest BCUT2D eigenvalue weighted by atomic mass is 10.1. The first-order chi connectivity index (χ1) is 11.1. The van der Waals surface area contributed by atoms with E-state index in [1.807, 2.05) is 0 Å². The smallest absolute Gasteiger partial charge is 0.335 e. The summed E-state index contributed by atoms with van der Waals surface area (Å²) in [4.78, 5) is 21.9. The van der Waals surface area contributed by atoms with Crippen LogP contribution in [0, 0.1) is 0 Å². The van der Waals surface area contributed by atoms with Crippen LogP contribution >= 0.6 is 0 Å². The predicted octanol–water partition coefficient (Wildman–Crippen LogP) is 2.79. The number of methoxy groups -OCH3 is 2. The van der Waals surface area contributed by atoms with Gasteiger partial charge in [0.25, 0.3) is 0 Å². The van der Waals surface area contributed by atoms with Gasteiger partial charge >= 0.3 is 5.97 Å². The van der Waals surface area contributed by atoms with Crippen LogP contribution in [-0.2, 0) is 6.61 Å². The van der Waals surface area contributed by atoms with Gasteiger partial charge in [-0.15, -0.1) is 0 Å². The van der Waals surface area contributed by atoms with Crippen LogP contribution in [0.15, 0.2) is 36.4 Å². The zero-order valence-electron chi connectivity index (χ0n) is 12.7. The molecule has 0 saturated carbocycles. The van der Waals surface area contributed by atoms with Crippen molar-refractivity contribution in [2.75, 3.05) is 14.2 Å². The number of carboxylic acid groups (broad SMARTS) is 1. The van der Waals surface area contributed by atoms with E-state index in [0.717, 1.165) is 6.29 Å². The number of ether oxygens (including phenoxy) is 3. The van der Waals surface area contributed by atoms with E-state index in [4.69, 9.17) is 19.3 Å². The van der Waals surface area contributed by atoms with Gasteiger partial charge in [0.05, 0.1) is 19.8 Å². The molecule has 0 atom stereocenters. The molecule has 0 aliphatic heterocycles. The van der Waals surface area contributed by atoms with Crippen molar-refractivity contribution in [1.82, 2.24) is 0 Å². The van der Waals surface area contributed by atoms with E-state index in [2.05, 4.69) is 0 Å². The Bertz CT molecular complexity index is 723. The summed E-state index contributed by atoms with van der Waals surface area (Å²) in [7, 11) is 2.99. The van der Waals surface area contributed by atoms with Crippen molar-refractivity contribution >= 4 is 12.3 Å². The molecule has 6 nitrogen and oxygen atoms in total. The van der Waals surface area contributed by atoms with Gasteiger partial charge in [-0.25, -0.2) is 4.79 Å². The van der Waals surface area contributed by atoms with E-state index < -0.39 is 5.97 Å². The third-order valence-corrected chi connectivity index (χ3v) is 3.23. The number of benzene rings is 2. The molecule has 0 fully saturated rings. The monoisotopic (exact) mass is 316 g/mol. The fourth-order valence-electron chi connectivity index (χ4n) is 2.06. The van der Waals surface area contributed by atoms with Gasteiger partial charge in [-0.1, -0.05) is 0 Å². The molecule has 0 amide bonds. The van der Waals surface area contributed by atoms with Crippen LogP contribution in [0.4, 0.5) is 0 Å². The van der Waals surface area contributed by atoms with Crippen LogP contribution in [0.2, 0.25) is 0 Å². The molecule has 0 heterocycles. The molecule has 120 valence electrons. The number of carboxylic acids is 1. The second-order valence-corrected chi connectivity index (χ2v) is 4.65. The minimum absolute atomic E-state index is 0.0920. The van der Waals surface area contributed by atoms with E-state index in [9.17, 15) is 9.59 Å². The summed E-state index contributed by atoms with van der Waals surface area (Å²) < 4.78 is 16.1. The van der Waals surface area contributed by atoms with E-state index in [-0.39, 0.29) is 12.2 Å². The number of rotatable bonds is 7. The molecule has 0 unspecified atom stereocenters. The Hall–Kier alpha value is -3.02. The van der Waals surface area contributed by atoms with Crippen LogP contribution in [0.1, 0.15) is 26.3 Å². The first kappa shape index (κ1) is 16.4. The molecule has 1 N–H and O–H groups in total. The summed E-state index contributed by atoms with van der Waals surface area (Å²) in [6, 6.07) is 9.31. The minimum atomic E-state index is -1.06. The zero-order valence-corrected chi connectivity index (χ0v) is 12.7. The lowest BCUT2D eigenvalue weighted by Gasteiger charge is -2.13. The largest absolute Gasteiger partial charge is 0.496 e. The summed E-state index contributed by atoms with van der Waals surface area (Å²) in [5.74, 6) is 0.230. The number of hydrogen-bond acceptors (Lipinski definition) is 5. The molecule has 23 heavy (non-hydrogen) atoms. The highest BCUT2D eigenvalue weighted by Crippen LogP contribution is 2.30. The molecule has 0 saturated heterocycles. The second-order valence-electron chi connectivity index (χ2n) is 4.65. The van der Waals surface area contributed by atoms with Gasteiger partial charge in [0.2, 0.25) is 0 Å². The maximum Gasteiger partial charge on any atom is 0.335 e. The second kappa shape index (κ2) is 7.31. The first-order valence-electron chi connectivity index (χ1n) is 6.75. The molecular weight excluding hydrogens is 300 g/mol. The quantitative estimate of drug-likeness (QED) is 0.791. The Morgan fingerprint density at radius 2 is 1.74 bits per heavy atom. The highest BCUT2D eigenvalue weighted by Gasteiger charge is 2.12. The Morgan fingerprint density at radius 1 is 1.04 bits per heavy atom. The number of hydrogen-bond donors (Lipinski definition) is 1. The molecule has 0 spiro atoms. The number of carbonyl (C=O) groups excluding carboxylic acids is 1. The Kier molecular flexibility index (Phi) is 5.19. The Labute approximate surface area is 133 Å². The average Bonchev–Trinajstić information content (AvgIpc) is 2.59. The highest BCUT2D eigenvalue weighted by atomic mass is 16.5. The summed E-state index contributed by atoms with van der Waals surface area (Å²) in [6.07, 6.45) is 0.731. The van der Waals surface area contributed by atoms with Crippen molar-refractivity contribution < 1.29 is 28.9 Å². The van der Waals surface area contributed by atoms with E-state index in [0.29, 0.717) is 28.4 Å². The van der Waals surface area contributed by atoms with E-state index >= 15 is 0 Å². The van der Waals surface area contributed by atoms with Crippen LogP contribution < -0.4 is 14.2 Å². The van der Waals surface area contributed by atoms with Crippen molar-refractivity contribution in [3.63, 3.8) is 0 Å². The number of aldehydes is 1. The SMILES string of the molecule is COc1ccc(C=O)cc1COc1cc(C(=O)O)ccc1OC. The molecule has 2 aromatic rings. The van der Waals surface area contributed by atoms with Gasteiger partial charge in [0, 0.05) is 11.1 Å². The first-order valence-corrected chi connectivity index (χ1v) is 6.75. The fraction of sp³-hybridized carbons (Fsp3) is 0.176. The average molecular weight is 316 g/mol. The maximum atomic E-state index is 11.1. The van der Waals surface area contributed by atoms with Gasteiger partial charge in [-0.2, -0.15) is 0 Å². The van der Waals surface area contributed by atoms with Crippen molar-refractivity contribution in [3.05, 3.63) is 53.1 Å². The molecule has 0 bridgehead atoms. The van der Waals surface area contributed by atoms with Gasteiger partial charge < -0.3 is 19.3 Å². The van der Waals surface area contributed by atoms with E-state index in [1.54, 1.807) is 18.2 Å². The Morgan fingerprint density at radius 3 is 2.35 bits per heavy atom. The van der Waals surface area contributed by atoms with Crippen molar-refractivity contribution in [3.8, 4) is 17.2 Å². The number of carbonyl (C=O) groups is 2. The molecule has 0 aliphatic carbocycles. The van der Waals surface area contributed by atoms with Crippen LogP contribution in [0.25, 0.3) is 0 Å². The van der Waals surface area contributed by atoms with Crippen molar-refractivity contribution in [1.29, 1.82) is 0 Å². The molecule has 0 aliphatic rings. The Balaban J connectivity index is 2.28. The van der Waals surface area contributed by atoms with Crippen molar-refractivity contribution in [2.24, 2.45) is 0 Å². The van der Waals surface area contributed by atoms with Crippen LogP contribution in [-0.4, -0.2) is 31.6 Å². The molecule has 0 radical (unpaired) electrons. The molecule has 6 heteroatoms. The molecule has 0 aromatic heterocycles. The summed E-state index contributed by atoms with van der Waals surface area (Å²) >= 11 is 0. The normalized spacial score (nSPS) is 10.0. The number of aromatic carboxylic acids is 1. The molecule has 2 rings (SSSR count). The summed E-state index contributed by atoms with van der Waals surface area (Å²) in [6.45, 7) is 0.101. The third-order valence-electron chi connectivity index (χ3n) is 3.23. The molecule has 2 aromatic carbocycles. The zero-order chi connectivity index (χ0) is 16.8. The summed E-state index contributed by atoms with van der Waals surface area (Å²) in [5.41, 5.74) is 1.25. The highest BCUT2D eigenvalue weighted by molar-refractivity contribution is 5.88. The molecular formula is C17H16O6. The van der Waals surface area contributed by atoms with Crippen molar-refractivity contribution in [2.45, 2.75) is 6.61 Å². The minimum Gasteiger partial charge on any atom is -0.496 e. The van der Waals surface area contributed by atoms with Crippen LogP contribution in [0.3, 0.4) is 0 Å². The van der Waals surface area contributed by atoms with Gasteiger partial charge in [0.1, 0.15) is 18.6 Å². The van der Waals surface area contributed by atoms with Crippen LogP contribution in [0.5, 0.6) is 17.2 Å². The lowest BCUT2D eigenvalue weighted by molar-refractivity contribution is 0.0696. The summed E-state index contributed by atoms with van der Waals surface area (Å²) in [5, 5.41) is 9.05. The predicted molar refractivity (Wildman–Crippen MR) is 82.7 cm³/mol. The van der Waals surface area contributed by atoms with Gasteiger partial charge in [-0.05, 0) is 36.4 Å². The fourth-order valence-corrected chi connectivity index (χ4v) is 2.06. The van der Waals surface area contributed by atoms with Gasteiger partial charge in [0.15, 0.2) is 11.5 Å². The third kappa shape index (κ3) is 3.79.